The van der Waals surface area contributed by atoms with Gasteiger partial charge < -0.3 is 4.90 Å². The van der Waals surface area contributed by atoms with E-state index < -0.39 is 40.5 Å². The third-order valence-corrected chi connectivity index (χ3v) is 10.0. The quantitative estimate of drug-likeness (QED) is 0.0531. The Morgan fingerprint density at radius 3 is 1.93 bits per heavy atom. The number of anilines is 1. The molecule has 2 N–H and O–H groups in total. The fourth-order valence-corrected chi connectivity index (χ4v) is 7.04. The number of sulfonamides is 1. The molecule has 3 aromatic carbocycles. The highest BCUT2D eigenvalue weighted by molar-refractivity contribution is 7.92. The van der Waals surface area contributed by atoms with Gasteiger partial charge >= 0.3 is 0 Å². The molecule has 1 radical (unpaired) electrons. The van der Waals surface area contributed by atoms with E-state index in [2.05, 4.69) is 24.6 Å². The molecular formula is C33H44N3O8S2. The van der Waals surface area contributed by atoms with Gasteiger partial charge in [0.1, 0.15) is 0 Å². The van der Waals surface area contributed by atoms with Crippen molar-refractivity contribution in [2.45, 2.75) is 101 Å². The van der Waals surface area contributed by atoms with Crippen LogP contribution in [0.2, 0.25) is 0 Å². The van der Waals surface area contributed by atoms with Gasteiger partial charge in [0.05, 0.1) is 31.4 Å². The minimum absolute atomic E-state index is 0.0250. The lowest BCUT2D eigenvalue weighted by Crippen LogP contribution is -2.33. The molecule has 46 heavy (non-hydrogen) atoms. The van der Waals surface area contributed by atoms with E-state index in [0.717, 1.165) is 94.5 Å². The van der Waals surface area contributed by atoms with Crippen molar-refractivity contribution in [1.82, 2.24) is 4.90 Å². The van der Waals surface area contributed by atoms with Gasteiger partial charge in [-0.2, -0.15) is 8.42 Å². The van der Waals surface area contributed by atoms with Crippen molar-refractivity contribution in [3.63, 3.8) is 0 Å². The Morgan fingerprint density at radius 1 is 0.826 bits per heavy atom. The molecule has 0 fully saturated rings. The highest BCUT2D eigenvalue weighted by atomic mass is 32.2. The number of nitrogens with zero attached hydrogens (tertiary/aromatic N) is 2. The van der Waals surface area contributed by atoms with E-state index in [0.29, 0.717) is 13.1 Å². The molecule has 0 saturated heterocycles. The molecule has 0 heterocycles. The summed E-state index contributed by atoms with van der Waals surface area (Å²) in [6.07, 6.45) is 12.7. The van der Waals surface area contributed by atoms with Gasteiger partial charge in [0.25, 0.3) is 31.7 Å². The van der Waals surface area contributed by atoms with E-state index in [-0.39, 0.29) is 27.9 Å². The molecule has 0 spiro atoms. The van der Waals surface area contributed by atoms with Crippen LogP contribution in [0.1, 0.15) is 101 Å². The predicted molar refractivity (Wildman–Crippen MR) is 179 cm³/mol. The first-order valence-electron chi connectivity index (χ1n) is 15.9. The molecule has 13 heteroatoms. The Hall–Kier alpha value is -3.55. The second-order valence-electron chi connectivity index (χ2n) is 11.4. The van der Waals surface area contributed by atoms with E-state index in [1.807, 2.05) is 0 Å². The van der Waals surface area contributed by atoms with Crippen LogP contribution in [-0.4, -0.2) is 50.2 Å². The summed E-state index contributed by atoms with van der Waals surface area (Å²) >= 11 is 0. The molecule has 0 aliphatic heterocycles. The molecule has 1 amide bonds. The zero-order valence-corrected chi connectivity index (χ0v) is 28.2. The Labute approximate surface area is 272 Å². The third kappa shape index (κ3) is 10.5. The number of nitro groups is 1. The van der Waals surface area contributed by atoms with Crippen molar-refractivity contribution >= 4 is 48.2 Å². The molecular weight excluding hydrogens is 631 g/mol. The molecule has 0 unspecified atom stereocenters. The van der Waals surface area contributed by atoms with Crippen molar-refractivity contribution < 1.29 is 31.1 Å². The lowest BCUT2D eigenvalue weighted by Gasteiger charge is -2.23. The van der Waals surface area contributed by atoms with Gasteiger partial charge in [0.15, 0.2) is 0 Å². The minimum Gasteiger partial charge on any atom is -0.339 e. The molecule has 3 aromatic rings. The van der Waals surface area contributed by atoms with Crippen LogP contribution in [0.3, 0.4) is 0 Å². The maximum atomic E-state index is 13.8. The molecule has 0 saturated carbocycles. The molecule has 3 rings (SSSR count). The second kappa shape index (κ2) is 17.4. The Morgan fingerprint density at radius 2 is 1.37 bits per heavy atom. The van der Waals surface area contributed by atoms with Gasteiger partial charge in [0.2, 0.25) is 0 Å². The molecule has 0 aromatic heterocycles. The standard InChI is InChI=1S/C33H44N3O8S2/c1-3-5-7-9-11-13-21-35(22-14-12-10-8-6-4-2)33(37)27-23-26-17-15-20-30(32(26)31(24-27)36(38)39)34-45(40,41)28-18-16-19-29(25-28)46(42,43)44/h15-20,24-25,34H,3-14,21-22H2,1-2H3,(H,42,43,44). The Bertz CT molecular complexity index is 1690. The van der Waals surface area contributed by atoms with Crippen LogP contribution >= 0.6 is 0 Å². The number of hydrogen-bond acceptors (Lipinski definition) is 7. The maximum absolute atomic E-state index is 13.8. The van der Waals surface area contributed by atoms with Crippen molar-refractivity contribution in [2.24, 2.45) is 0 Å². The summed E-state index contributed by atoms with van der Waals surface area (Å²) in [6, 6.07) is 12.5. The fraction of sp³-hybridized carbons (Fsp3) is 0.485. The highest BCUT2D eigenvalue weighted by Gasteiger charge is 2.26. The van der Waals surface area contributed by atoms with E-state index >= 15 is 0 Å². The van der Waals surface area contributed by atoms with E-state index in [1.54, 1.807) is 4.90 Å². The number of carbonyl (C=O) groups excluding carboxylic acids is 1. The largest absolute Gasteiger partial charge is 0.339 e. The number of rotatable bonds is 20. The average Bonchev–Trinajstić information content (AvgIpc) is 3.02. The maximum Gasteiger partial charge on any atom is 0.294 e. The Kier molecular flexibility index (Phi) is 14.0. The highest BCUT2D eigenvalue weighted by Crippen LogP contribution is 2.35. The molecule has 251 valence electrons. The van der Waals surface area contributed by atoms with Gasteiger partial charge in [-0.3, -0.25) is 24.2 Å². The van der Waals surface area contributed by atoms with Crippen LogP contribution in [-0.2, 0) is 20.1 Å². The van der Waals surface area contributed by atoms with E-state index in [4.69, 9.17) is 0 Å². The van der Waals surface area contributed by atoms with Crippen molar-refractivity contribution in [3.05, 3.63) is 70.3 Å². The van der Waals surface area contributed by atoms with Gasteiger partial charge in [-0.15, -0.1) is 0 Å². The Balaban J connectivity index is 1.93. The van der Waals surface area contributed by atoms with Gasteiger partial charge in [-0.1, -0.05) is 96.3 Å². The number of carbonyl (C=O) groups is 1. The summed E-state index contributed by atoms with van der Waals surface area (Å²) in [6.45, 7) is 5.37. The van der Waals surface area contributed by atoms with Gasteiger partial charge in [-0.25, -0.2) is 8.42 Å². The van der Waals surface area contributed by atoms with Crippen LogP contribution in [0.5, 0.6) is 0 Å². The first-order valence-corrected chi connectivity index (χ1v) is 18.8. The van der Waals surface area contributed by atoms with Gasteiger partial charge in [-0.05, 0) is 42.5 Å². The number of hydrogen-bond donors (Lipinski definition) is 2. The van der Waals surface area contributed by atoms with E-state index in [9.17, 15) is 36.3 Å². The van der Waals surface area contributed by atoms with Crippen molar-refractivity contribution in [1.29, 1.82) is 0 Å². The number of fused-ring (bicyclic) bond motifs is 1. The van der Waals surface area contributed by atoms with Crippen LogP contribution in [0.4, 0.5) is 11.4 Å². The monoisotopic (exact) mass is 674 g/mol. The summed E-state index contributed by atoms with van der Waals surface area (Å²) in [4.78, 5) is 26.1. The number of unbranched alkanes of at least 4 members (excludes halogenated alkanes) is 10. The summed E-state index contributed by atoms with van der Waals surface area (Å²) in [5.41, 5.74) is -0.592. The van der Waals surface area contributed by atoms with Crippen LogP contribution in [0.25, 0.3) is 10.8 Å². The molecule has 0 atom stereocenters. The molecule has 0 bridgehead atoms. The minimum atomic E-state index is -4.68. The van der Waals surface area contributed by atoms with E-state index in [1.165, 1.54) is 31.0 Å². The predicted octanol–water partition coefficient (Wildman–Crippen LogP) is 7.76. The van der Waals surface area contributed by atoms with Crippen LogP contribution in [0.15, 0.2) is 58.3 Å². The first kappa shape index (κ1) is 36.9. The average molecular weight is 675 g/mol. The van der Waals surface area contributed by atoms with Crippen molar-refractivity contribution in [2.75, 3.05) is 17.8 Å². The molecule has 0 aliphatic carbocycles. The zero-order chi connectivity index (χ0) is 33.7. The van der Waals surface area contributed by atoms with Crippen LogP contribution in [0, 0.1) is 16.2 Å². The normalized spacial score (nSPS) is 11.9. The number of nitrogens with one attached hydrogen (secondary N) is 1. The summed E-state index contributed by atoms with van der Waals surface area (Å²) in [7, 11) is -9.12. The third-order valence-electron chi connectivity index (χ3n) is 7.81. The topological polar surface area (TPSA) is 164 Å². The summed E-state index contributed by atoms with van der Waals surface area (Å²) < 4.78 is 61.2. The summed E-state index contributed by atoms with van der Waals surface area (Å²) in [5.74, 6) is -0.361. The lowest BCUT2D eigenvalue weighted by molar-refractivity contribution is -0.383. The van der Waals surface area contributed by atoms with Crippen molar-refractivity contribution in [3.8, 4) is 0 Å². The summed E-state index contributed by atoms with van der Waals surface area (Å²) in [5, 5.41) is 12.4. The zero-order valence-electron chi connectivity index (χ0n) is 26.5. The lowest BCUT2D eigenvalue weighted by atomic mass is 10.0. The number of amides is 1. The number of benzene rings is 3. The van der Waals surface area contributed by atoms with Crippen LogP contribution < -0.4 is 4.72 Å². The molecule has 0 aliphatic rings. The fourth-order valence-electron chi connectivity index (χ4n) is 5.32. The molecule has 11 nitrogen and oxygen atoms in total. The number of nitro benzene ring substituents is 1. The SMILES string of the molecule is CCCCCCCCN(CCCCCCCC)C(=O)c1[c]c2cccc(NS(=O)(=O)c3cccc(S(=O)(=O)O)c3)c2c([N+](=O)[O-])c1. The number of non-ortho nitro benzene ring substituents is 1. The smallest absolute Gasteiger partial charge is 0.294 e. The first-order chi connectivity index (χ1) is 21.9. The second-order valence-corrected chi connectivity index (χ2v) is 14.5. The van der Waals surface area contributed by atoms with Gasteiger partial charge in [0, 0.05) is 25.2 Å².